The third kappa shape index (κ3) is 10.0. The summed E-state index contributed by atoms with van der Waals surface area (Å²) in [5.41, 5.74) is 2.29. The zero-order valence-electron chi connectivity index (χ0n) is 17.2. The third-order valence-electron chi connectivity index (χ3n) is 4.70. The van der Waals surface area contributed by atoms with Gasteiger partial charge in [-0.25, -0.2) is 0 Å². The predicted octanol–water partition coefficient (Wildman–Crippen LogP) is 3.15. The second-order valence-electron chi connectivity index (χ2n) is 7.13. The van der Waals surface area contributed by atoms with E-state index in [9.17, 15) is 9.59 Å². The second kappa shape index (κ2) is 14.5. The first-order chi connectivity index (χ1) is 14.3. The Hall–Kier alpha value is -2.50. The zero-order chi connectivity index (χ0) is 20.6. The van der Waals surface area contributed by atoms with Gasteiger partial charge in [-0.05, 0) is 37.1 Å². The summed E-state index contributed by atoms with van der Waals surface area (Å²) in [4.78, 5) is 25.0. The third-order valence-corrected chi connectivity index (χ3v) is 4.70. The number of nitrogens with one attached hydrogen (secondary N) is 2. The number of amides is 1. The largest absolute Gasteiger partial charge is 0.334 e. The summed E-state index contributed by atoms with van der Waals surface area (Å²) in [6.07, 6.45) is 4.12. The van der Waals surface area contributed by atoms with Gasteiger partial charge in [0.05, 0.1) is 0 Å². The van der Waals surface area contributed by atoms with Crippen molar-refractivity contribution in [2.45, 2.75) is 38.8 Å². The molecule has 0 spiro atoms. The standard InChI is InChI=1S/C24H33N3O2/c28-19-9-17-25-15-7-8-16-26-18-14-24(29)27(20-22-10-3-1-4-11-22)21-23-12-5-2-6-13-23/h1-6,10-13,19,25-26H,7-9,14-18,20-21H2. The van der Waals surface area contributed by atoms with Crippen molar-refractivity contribution in [1.82, 2.24) is 15.5 Å². The molecule has 0 aromatic heterocycles. The number of unbranched alkanes of at least 4 members (excludes halogenated alkanes) is 1. The lowest BCUT2D eigenvalue weighted by atomic mass is 10.1. The first kappa shape index (κ1) is 22.8. The zero-order valence-corrected chi connectivity index (χ0v) is 17.2. The van der Waals surface area contributed by atoms with Gasteiger partial charge in [0.15, 0.2) is 0 Å². The molecule has 0 radical (unpaired) electrons. The Bertz CT molecular complexity index is 650. The molecule has 0 aliphatic rings. The Morgan fingerprint density at radius 1 is 0.759 bits per heavy atom. The van der Waals surface area contributed by atoms with Crippen LogP contribution < -0.4 is 10.6 Å². The molecule has 0 bridgehead atoms. The SMILES string of the molecule is O=CCCNCCCCNCCC(=O)N(Cc1ccccc1)Cc1ccccc1. The van der Waals surface area contributed by atoms with Crippen molar-refractivity contribution in [3.63, 3.8) is 0 Å². The number of carbonyl (C=O) groups excluding carboxylic acids is 2. The Morgan fingerprint density at radius 2 is 1.28 bits per heavy atom. The molecule has 0 saturated carbocycles. The number of rotatable bonds is 15. The maximum absolute atomic E-state index is 12.8. The van der Waals surface area contributed by atoms with Crippen molar-refractivity contribution in [1.29, 1.82) is 0 Å². The van der Waals surface area contributed by atoms with Gasteiger partial charge in [-0.3, -0.25) is 4.79 Å². The van der Waals surface area contributed by atoms with Crippen molar-refractivity contribution in [2.75, 3.05) is 26.2 Å². The molecule has 0 aliphatic carbocycles. The van der Waals surface area contributed by atoms with Crippen LogP contribution in [0.2, 0.25) is 0 Å². The molecule has 2 aromatic carbocycles. The summed E-state index contributed by atoms with van der Waals surface area (Å²) in [6, 6.07) is 20.3. The number of nitrogens with zero attached hydrogens (tertiary/aromatic N) is 1. The quantitative estimate of drug-likeness (QED) is 0.359. The van der Waals surface area contributed by atoms with Gasteiger partial charge >= 0.3 is 0 Å². The molecule has 156 valence electrons. The van der Waals surface area contributed by atoms with Gasteiger partial charge in [-0.1, -0.05) is 60.7 Å². The molecule has 29 heavy (non-hydrogen) atoms. The van der Waals surface area contributed by atoms with Crippen LogP contribution in [0.3, 0.4) is 0 Å². The molecule has 0 saturated heterocycles. The molecule has 0 aliphatic heterocycles. The van der Waals surface area contributed by atoms with E-state index in [0.717, 1.165) is 49.9 Å². The minimum Gasteiger partial charge on any atom is -0.334 e. The highest BCUT2D eigenvalue weighted by molar-refractivity contribution is 5.76. The van der Waals surface area contributed by atoms with Crippen LogP contribution in [-0.4, -0.2) is 43.3 Å². The van der Waals surface area contributed by atoms with Gasteiger partial charge in [-0.15, -0.1) is 0 Å². The highest BCUT2D eigenvalue weighted by atomic mass is 16.2. The van der Waals surface area contributed by atoms with E-state index < -0.39 is 0 Å². The molecule has 5 nitrogen and oxygen atoms in total. The first-order valence-corrected chi connectivity index (χ1v) is 10.5. The molecule has 2 rings (SSSR count). The Labute approximate surface area is 174 Å². The van der Waals surface area contributed by atoms with Crippen LogP contribution in [-0.2, 0) is 22.7 Å². The smallest absolute Gasteiger partial charge is 0.224 e. The summed E-state index contributed by atoms with van der Waals surface area (Å²) < 4.78 is 0. The summed E-state index contributed by atoms with van der Waals surface area (Å²) in [6.45, 7) is 4.53. The van der Waals surface area contributed by atoms with Gasteiger partial charge in [0.1, 0.15) is 6.29 Å². The molecule has 2 aromatic rings. The lowest BCUT2D eigenvalue weighted by molar-refractivity contribution is -0.132. The Balaban J connectivity index is 1.71. The minimum absolute atomic E-state index is 0.167. The van der Waals surface area contributed by atoms with Gasteiger partial charge in [-0.2, -0.15) is 0 Å². The monoisotopic (exact) mass is 395 g/mol. The van der Waals surface area contributed by atoms with Crippen molar-refractivity contribution < 1.29 is 9.59 Å². The van der Waals surface area contributed by atoms with E-state index in [1.807, 2.05) is 41.3 Å². The number of carbonyl (C=O) groups is 2. The van der Waals surface area contributed by atoms with E-state index in [2.05, 4.69) is 34.9 Å². The van der Waals surface area contributed by atoms with E-state index in [-0.39, 0.29) is 5.91 Å². The maximum Gasteiger partial charge on any atom is 0.224 e. The highest BCUT2D eigenvalue weighted by Crippen LogP contribution is 2.11. The molecule has 0 heterocycles. The fraction of sp³-hybridized carbons (Fsp3) is 0.417. The fourth-order valence-corrected chi connectivity index (χ4v) is 3.10. The van der Waals surface area contributed by atoms with Crippen LogP contribution in [0.4, 0.5) is 0 Å². The van der Waals surface area contributed by atoms with Crippen LogP contribution in [0.5, 0.6) is 0 Å². The van der Waals surface area contributed by atoms with E-state index in [4.69, 9.17) is 0 Å². The molecule has 0 fully saturated rings. The van der Waals surface area contributed by atoms with Gasteiger partial charge in [0, 0.05) is 39.0 Å². The highest BCUT2D eigenvalue weighted by Gasteiger charge is 2.14. The van der Waals surface area contributed by atoms with Crippen LogP contribution in [0.1, 0.15) is 36.8 Å². The molecular weight excluding hydrogens is 362 g/mol. The number of hydrogen-bond donors (Lipinski definition) is 2. The van der Waals surface area contributed by atoms with Gasteiger partial charge < -0.3 is 20.3 Å². The van der Waals surface area contributed by atoms with Crippen LogP contribution in [0.15, 0.2) is 60.7 Å². The van der Waals surface area contributed by atoms with Gasteiger partial charge in [0.2, 0.25) is 5.91 Å². The molecule has 5 heteroatoms. The van der Waals surface area contributed by atoms with Crippen LogP contribution >= 0.6 is 0 Å². The molecule has 1 amide bonds. The number of aldehydes is 1. The summed E-state index contributed by atoms with van der Waals surface area (Å²) in [5.74, 6) is 0.167. The summed E-state index contributed by atoms with van der Waals surface area (Å²) in [5, 5.41) is 6.61. The molecular formula is C24H33N3O2. The fourth-order valence-electron chi connectivity index (χ4n) is 3.10. The van der Waals surface area contributed by atoms with E-state index in [1.165, 1.54) is 0 Å². The van der Waals surface area contributed by atoms with E-state index in [0.29, 0.717) is 32.5 Å². The van der Waals surface area contributed by atoms with Crippen molar-refractivity contribution in [3.05, 3.63) is 71.8 Å². The lowest BCUT2D eigenvalue weighted by Crippen LogP contribution is -2.32. The summed E-state index contributed by atoms with van der Waals surface area (Å²) in [7, 11) is 0. The number of hydrogen-bond acceptors (Lipinski definition) is 4. The average Bonchev–Trinajstić information content (AvgIpc) is 2.76. The lowest BCUT2D eigenvalue weighted by Gasteiger charge is -2.23. The van der Waals surface area contributed by atoms with Gasteiger partial charge in [0.25, 0.3) is 0 Å². The Kier molecular flexibility index (Phi) is 11.4. The summed E-state index contributed by atoms with van der Waals surface area (Å²) >= 11 is 0. The van der Waals surface area contributed by atoms with Crippen molar-refractivity contribution in [3.8, 4) is 0 Å². The molecule has 2 N–H and O–H groups in total. The van der Waals surface area contributed by atoms with E-state index in [1.54, 1.807) is 0 Å². The van der Waals surface area contributed by atoms with Crippen molar-refractivity contribution in [2.24, 2.45) is 0 Å². The first-order valence-electron chi connectivity index (χ1n) is 10.5. The topological polar surface area (TPSA) is 61.4 Å². The number of benzene rings is 2. The predicted molar refractivity (Wildman–Crippen MR) is 117 cm³/mol. The van der Waals surface area contributed by atoms with Crippen LogP contribution in [0.25, 0.3) is 0 Å². The minimum atomic E-state index is 0.167. The molecule has 0 atom stereocenters. The average molecular weight is 396 g/mol. The molecule has 0 unspecified atom stereocenters. The van der Waals surface area contributed by atoms with E-state index >= 15 is 0 Å². The van der Waals surface area contributed by atoms with Crippen LogP contribution in [0, 0.1) is 0 Å². The van der Waals surface area contributed by atoms with Crippen molar-refractivity contribution >= 4 is 12.2 Å². The Morgan fingerprint density at radius 3 is 1.79 bits per heavy atom. The second-order valence-corrected chi connectivity index (χ2v) is 7.13. The normalized spacial score (nSPS) is 10.6. The maximum atomic E-state index is 12.8.